The van der Waals surface area contributed by atoms with Crippen molar-refractivity contribution in [2.24, 2.45) is 0 Å². The normalized spacial score (nSPS) is 13.5. The minimum atomic E-state index is -0.427. The SMILES string of the molecule is CC1(C)OB(c2ccc3c4c(cccc24)-c2c-3c(-c3ccccc3)c3ccccc3c2-c2ccccc2)OC1(C)C.O=[N+]([O-])c1ccccc1-c1ccc2c3c(cccc13)-c1c-2c(-c2ccccc2)c2ccccc2c1-c1ccccc1.O=[N+]([O-])c1ccccc1Br. The smallest absolute Gasteiger partial charge is 0.399 e. The standard InChI is InChI=1S/C38H31BO2.C38H23NO2.C6H4BrNO2/c1-37(2)38(3,4)41-39(40-37)31-23-22-30-34-28(31)20-13-21-29(34)35-32(24-14-7-5-8-15-24)26-18-11-12-19-27(26)33(36(30)35)25-16-9-6-10-17-25;40-39(41)33-21-10-9-16-27(33)26-22-23-32-36-28(26)19-11-20-31(36)37-34(24-12-3-1-4-13-24)29-17-7-8-18-30(29)35(38(32)37)25-14-5-2-6-15-25;7-5-3-1-2-4-6(5)8(9)10/h5-23H,1-4H3;1-23H;1-4H. The molecule has 92 heavy (non-hydrogen) atoms. The fourth-order valence-electron chi connectivity index (χ4n) is 14.1. The van der Waals surface area contributed by atoms with E-state index in [1.165, 1.54) is 116 Å². The summed E-state index contributed by atoms with van der Waals surface area (Å²) in [4.78, 5) is 21.5. The van der Waals surface area contributed by atoms with Gasteiger partial charge >= 0.3 is 7.12 Å². The molecule has 0 amide bonds. The van der Waals surface area contributed by atoms with E-state index in [1.54, 1.807) is 30.3 Å². The van der Waals surface area contributed by atoms with Crippen molar-refractivity contribution in [1.29, 1.82) is 0 Å². The van der Waals surface area contributed by atoms with Gasteiger partial charge in [-0.05, 0) is 199 Å². The fourth-order valence-corrected chi connectivity index (χ4v) is 14.5. The van der Waals surface area contributed by atoms with Gasteiger partial charge in [-0.25, -0.2) is 0 Å². The topological polar surface area (TPSA) is 105 Å². The molecule has 2 aliphatic carbocycles. The molecule has 0 aromatic heterocycles. The third-order valence-corrected chi connectivity index (χ3v) is 19.5. The Hall–Kier alpha value is -10.6. The summed E-state index contributed by atoms with van der Waals surface area (Å²) in [6.07, 6.45) is 0. The first-order valence-corrected chi connectivity index (χ1v) is 31.6. The lowest BCUT2D eigenvalue weighted by Gasteiger charge is -2.32. The van der Waals surface area contributed by atoms with Crippen molar-refractivity contribution in [3.63, 3.8) is 0 Å². The Bertz CT molecular complexity index is 5110. The summed E-state index contributed by atoms with van der Waals surface area (Å²) in [7, 11) is -0.422. The van der Waals surface area contributed by atoms with Gasteiger partial charge in [-0.3, -0.25) is 20.2 Å². The summed E-state index contributed by atoms with van der Waals surface area (Å²) in [5.41, 5.74) is 21.7. The molecule has 0 bridgehead atoms. The molecule has 10 heteroatoms. The van der Waals surface area contributed by atoms with E-state index in [1.807, 2.05) is 12.1 Å². The molecule has 442 valence electrons. The monoisotopic (exact) mass is 1260 g/mol. The van der Waals surface area contributed by atoms with Gasteiger partial charge < -0.3 is 9.31 Å². The molecule has 0 unspecified atom stereocenters. The molecule has 1 saturated heterocycles. The molecule has 0 spiro atoms. The van der Waals surface area contributed by atoms with Crippen molar-refractivity contribution in [2.45, 2.75) is 38.9 Å². The summed E-state index contributed by atoms with van der Waals surface area (Å²) in [5, 5.41) is 31.8. The van der Waals surface area contributed by atoms with E-state index in [0.717, 1.165) is 32.9 Å². The quantitative estimate of drug-likeness (QED) is 0.0853. The lowest BCUT2D eigenvalue weighted by atomic mass is 9.75. The first kappa shape index (κ1) is 57.8. The number of rotatable bonds is 8. The summed E-state index contributed by atoms with van der Waals surface area (Å²) < 4.78 is 13.6. The first-order chi connectivity index (χ1) is 44.8. The number of halogens is 1. The van der Waals surface area contributed by atoms with E-state index in [4.69, 9.17) is 9.31 Å². The van der Waals surface area contributed by atoms with Gasteiger partial charge in [0.1, 0.15) is 0 Å². The van der Waals surface area contributed by atoms with Gasteiger partial charge in [0.15, 0.2) is 0 Å². The fraction of sp³-hybridized carbons (Fsp3) is 0.0732. The highest BCUT2D eigenvalue weighted by Crippen LogP contribution is 2.60. The predicted octanol–water partition coefficient (Wildman–Crippen LogP) is 22.2. The van der Waals surface area contributed by atoms with Gasteiger partial charge in [0.25, 0.3) is 11.4 Å². The van der Waals surface area contributed by atoms with E-state index in [0.29, 0.717) is 10.0 Å². The van der Waals surface area contributed by atoms with E-state index in [-0.39, 0.29) is 16.3 Å². The Balaban J connectivity index is 0.000000133. The van der Waals surface area contributed by atoms with Crippen molar-refractivity contribution in [3.05, 3.63) is 304 Å². The average molecular weight is 1260 g/mol. The zero-order valence-electron chi connectivity index (χ0n) is 50.9. The maximum atomic E-state index is 12.0. The second-order valence-corrected chi connectivity index (χ2v) is 25.3. The summed E-state index contributed by atoms with van der Waals surface area (Å²) in [6.45, 7) is 8.47. The largest absolute Gasteiger partial charge is 0.495 e. The Labute approximate surface area is 541 Å². The van der Waals surface area contributed by atoms with Crippen LogP contribution < -0.4 is 5.46 Å². The Morgan fingerprint density at radius 2 is 0.609 bits per heavy atom. The highest BCUT2D eigenvalue weighted by atomic mass is 79.9. The molecule has 17 rings (SSSR count). The summed E-state index contributed by atoms with van der Waals surface area (Å²) in [6, 6.07) is 95.8. The number of nitrogens with zero attached hydrogens (tertiary/aromatic N) is 2. The van der Waals surface area contributed by atoms with Crippen LogP contribution in [-0.4, -0.2) is 28.2 Å². The number of nitro groups is 2. The van der Waals surface area contributed by atoms with Crippen LogP contribution in [0.1, 0.15) is 27.7 Å². The zero-order chi connectivity index (χ0) is 63.0. The predicted molar refractivity (Wildman–Crippen MR) is 382 cm³/mol. The Kier molecular flexibility index (Phi) is 14.5. The number of fused-ring (bicyclic) bond motifs is 8. The average Bonchev–Trinajstić information content (AvgIpc) is 1.53. The maximum Gasteiger partial charge on any atom is 0.495 e. The molecule has 14 aromatic rings. The van der Waals surface area contributed by atoms with Crippen LogP contribution in [0.3, 0.4) is 0 Å². The summed E-state index contributed by atoms with van der Waals surface area (Å²) >= 11 is 3.06. The zero-order valence-corrected chi connectivity index (χ0v) is 52.4. The highest BCUT2D eigenvalue weighted by molar-refractivity contribution is 9.10. The lowest BCUT2D eigenvalue weighted by Crippen LogP contribution is -2.41. The number of nitro benzene ring substituents is 2. The minimum Gasteiger partial charge on any atom is -0.399 e. The number of para-hydroxylation sites is 2. The third kappa shape index (κ3) is 9.52. The molecule has 14 aromatic carbocycles. The van der Waals surface area contributed by atoms with Gasteiger partial charge in [-0.2, -0.15) is 0 Å². The van der Waals surface area contributed by atoms with Crippen LogP contribution in [0.5, 0.6) is 0 Å². The Morgan fingerprint density at radius 3 is 1.01 bits per heavy atom. The van der Waals surface area contributed by atoms with Crippen molar-refractivity contribution >= 4 is 83.0 Å². The molecule has 0 radical (unpaired) electrons. The lowest BCUT2D eigenvalue weighted by molar-refractivity contribution is -0.385. The van der Waals surface area contributed by atoms with Gasteiger partial charge in [0, 0.05) is 12.1 Å². The minimum absolute atomic E-state index is 0.0995. The van der Waals surface area contributed by atoms with E-state index >= 15 is 0 Å². The van der Waals surface area contributed by atoms with Crippen LogP contribution in [0.4, 0.5) is 11.4 Å². The third-order valence-electron chi connectivity index (χ3n) is 18.8. The van der Waals surface area contributed by atoms with Crippen molar-refractivity contribution in [3.8, 4) is 100 Å². The molecular formula is C82H58BBrN2O6. The molecule has 0 saturated carbocycles. The molecule has 0 atom stereocenters. The van der Waals surface area contributed by atoms with Crippen molar-refractivity contribution in [2.75, 3.05) is 0 Å². The van der Waals surface area contributed by atoms with E-state index < -0.39 is 23.2 Å². The Morgan fingerprint density at radius 1 is 0.304 bits per heavy atom. The highest BCUT2D eigenvalue weighted by Gasteiger charge is 2.52. The first-order valence-electron chi connectivity index (χ1n) is 30.8. The number of hydrogen-bond donors (Lipinski definition) is 0. The number of benzene rings is 14. The molecule has 1 heterocycles. The maximum absolute atomic E-state index is 12.0. The molecule has 8 nitrogen and oxygen atoms in total. The molecule has 1 fully saturated rings. The van der Waals surface area contributed by atoms with Gasteiger partial charge in [0.2, 0.25) is 0 Å². The van der Waals surface area contributed by atoms with Crippen LogP contribution in [0.2, 0.25) is 0 Å². The van der Waals surface area contributed by atoms with Crippen LogP contribution in [0.25, 0.3) is 143 Å². The molecule has 0 N–H and O–H groups in total. The van der Waals surface area contributed by atoms with E-state index in [2.05, 4.69) is 274 Å². The second kappa shape index (κ2) is 23.0. The van der Waals surface area contributed by atoms with Crippen molar-refractivity contribution in [1.82, 2.24) is 0 Å². The second-order valence-electron chi connectivity index (χ2n) is 24.4. The van der Waals surface area contributed by atoms with Crippen LogP contribution in [0, 0.1) is 20.2 Å². The molecular weight excluding hydrogens is 1200 g/mol. The molecule has 3 aliphatic rings. The van der Waals surface area contributed by atoms with Gasteiger partial charge in [0.05, 0.1) is 31.1 Å². The number of hydrogen-bond acceptors (Lipinski definition) is 6. The summed E-state index contributed by atoms with van der Waals surface area (Å²) in [5.74, 6) is 0. The van der Waals surface area contributed by atoms with Crippen LogP contribution in [-0.2, 0) is 9.31 Å². The van der Waals surface area contributed by atoms with Gasteiger partial charge in [-0.15, -0.1) is 0 Å². The van der Waals surface area contributed by atoms with Crippen molar-refractivity contribution < 1.29 is 19.2 Å². The van der Waals surface area contributed by atoms with Crippen LogP contribution >= 0.6 is 15.9 Å². The molecule has 1 aliphatic heterocycles. The van der Waals surface area contributed by atoms with E-state index in [9.17, 15) is 20.2 Å². The van der Waals surface area contributed by atoms with Gasteiger partial charge in [-0.1, -0.05) is 255 Å². The van der Waals surface area contributed by atoms with Crippen LogP contribution in [0.15, 0.2) is 284 Å².